The van der Waals surface area contributed by atoms with Crippen molar-refractivity contribution in [2.24, 2.45) is 0 Å². The summed E-state index contributed by atoms with van der Waals surface area (Å²) in [6, 6.07) is 0.222. The van der Waals surface area contributed by atoms with Crippen LogP contribution in [0.5, 0.6) is 0 Å². The van der Waals surface area contributed by atoms with E-state index >= 15 is 17.6 Å². The summed E-state index contributed by atoms with van der Waals surface area (Å²) in [7, 11) is 0. The molecule has 2 aromatic carbocycles. The van der Waals surface area contributed by atoms with Gasteiger partial charge in [0.1, 0.15) is 0 Å². The van der Waals surface area contributed by atoms with Gasteiger partial charge in [-0.3, -0.25) is 0 Å². The van der Waals surface area contributed by atoms with Gasteiger partial charge in [0, 0.05) is 0 Å². The van der Waals surface area contributed by atoms with Crippen LogP contribution in [0.4, 0.5) is 35.1 Å². The third-order valence-electron chi connectivity index (χ3n) is 6.22. The molecule has 0 nitrogen and oxygen atoms in total. The minimum atomic E-state index is -5.55. The zero-order valence-corrected chi connectivity index (χ0v) is 19.0. The van der Waals surface area contributed by atoms with Gasteiger partial charge in [-0.1, -0.05) is 0 Å². The first-order valence-electron chi connectivity index (χ1n) is 9.93. The van der Waals surface area contributed by atoms with Crippen molar-refractivity contribution in [1.29, 1.82) is 0 Å². The van der Waals surface area contributed by atoms with Crippen LogP contribution >= 0.6 is 0 Å². The molecule has 0 N–H and O–H groups in total. The number of benzene rings is 2. The van der Waals surface area contributed by atoms with Crippen molar-refractivity contribution < 1.29 is 51.7 Å². The molecule has 0 atom stereocenters. The standard InChI is InChI=1S/2C6HF4.2C6H7.Ti/c2*7-3-1-4(8)6(10)5(9)2-3;2*1-6-4-2-3-5-6;/h2*1H;2*2,4H,3H2,1H3;. The molecular weight excluding hydrogens is 488 g/mol. The van der Waals surface area contributed by atoms with E-state index in [9.17, 15) is 17.6 Å². The van der Waals surface area contributed by atoms with Crippen molar-refractivity contribution in [3.8, 4) is 0 Å². The van der Waals surface area contributed by atoms with Crippen LogP contribution < -0.4 is 7.74 Å². The number of halogens is 8. The van der Waals surface area contributed by atoms with Crippen LogP contribution in [0.25, 0.3) is 0 Å². The molecular formula is C24H16F8Ti. The van der Waals surface area contributed by atoms with Gasteiger partial charge in [0.15, 0.2) is 0 Å². The minimum absolute atomic E-state index is 0.00162. The van der Waals surface area contributed by atoms with E-state index in [2.05, 4.69) is 0 Å². The Balaban J connectivity index is 2.32. The quantitative estimate of drug-likeness (QED) is 0.197. The number of hydrogen-bond donors (Lipinski definition) is 0. The van der Waals surface area contributed by atoms with Crippen molar-refractivity contribution >= 4 is 7.74 Å². The zero-order chi connectivity index (χ0) is 24.2. The molecule has 0 fully saturated rings. The van der Waals surface area contributed by atoms with E-state index in [1.165, 1.54) is 0 Å². The Morgan fingerprint density at radius 3 is 1.21 bits per heavy atom. The fourth-order valence-electron chi connectivity index (χ4n) is 4.86. The Hall–Kier alpha value is -2.45. The van der Waals surface area contributed by atoms with E-state index < -0.39 is 70.9 Å². The molecule has 0 aliphatic heterocycles. The van der Waals surface area contributed by atoms with Crippen LogP contribution in [-0.4, -0.2) is 0 Å². The van der Waals surface area contributed by atoms with Gasteiger partial charge in [0.2, 0.25) is 0 Å². The fraction of sp³-hybridized carbons (Fsp3) is 0.167. The van der Waals surface area contributed by atoms with Gasteiger partial charge in [-0.2, -0.15) is 0 Å². The van der Waals surface area contributed by atoms with E-state index in [-0.39, 0.29) is 32.7 Å². The Kier molecular flexibility index (Phi) is 6.04. The number of rotatable bonds is 4. The molecule has 9 heteroatoms. The summed E-state index contributed by atoms with van der Waals surface area (Å²) in [4.78, 5) is 0. The van der Waals surface area contributed by atoms with Gasteiger partial charge in [-0.15, -0.1) is 0 Å². The monoisotopic (exact) mass is 504 g/mol. The third kappa shape index (κ3) is 3.37. The summed E-state index contributed by atoms with van der Waals surface area (Å²) in [5, 5.41) is 0. The maximum absolute atomic E-state index is 15.4. The van der Waals surface area contributed by atoms with Crippen LogP contribution in [0.1, 0.15) is 26.7 Å². The molecule has 0 amide bonds. The molecule has 172 valence electrons. The summed E-state index contributed by atoms with van der Waals surface area (Å²) in [6.45, 7) is 3.09. The molecule has 0 spiro atoms. The van der Waals surface area contributed by atoms with E-state index in [0.717, 1.165) is 0 Å². The molecule has 2 aliphatic rings. The van der Waals surface area contributed by atoms with E-state index in [4.69, 9.17) is 0 Å². The number of allylic oxidation sites excluding steroid dienone is 8. The molecule has 0 heterocycles. The molecule has 33 heavy (non-hydrogen) atoms. The van der Waals surface area contributed by atoms with Gasteiger partial charge < -0.3 is 0 Å². The van der Waals surface area contributed by atoms with Crippen molar-refractivity contribution in [2.75, 3.05) is 0 Å². The summed E-state index contributed by atoms with van der Waals surface area (Å²) in [5.74, 6) is -14.6. The van der Waals surface area contributed by atoms with Gasteiger partial charge in [-0.25, -0.2) is 0 Å². The normalized spacial score (nSPS) is 16.1. The van der Waals surface area contributed by atoms with E-state index in [1.54, 1.807) is 38.2 Å². The molecule has 0 saturated heterocycles. The van der Waals surface area contributed by atoms with Crippen LogP contribution in [0.3, 0.4) is 0 Å². The van der Waals surface area contributed by atoms with Gasteiger partial charge in [0.05, 0.1) is 0 Å². The molecule has 2 aromatic rings. The second-order valence-corrected chi connectivity index (χ2v) is 13.8. The first-order chi connectivity index (χ1) is 15.5. The predicted octanol–water partition coefficient (Wildman–Crippen LogP) is 6.37. The molecule has 0 radical (unpaired) electrons. The summed E-state index contributed by atoms with van der Waals surface area (Å²) in [5.41, 5.74) is 0.823. The van der Waals surface area contributed by atoms with Crippen LogP contribution in [0, 0.1) is 46.5 Å². The second kappa shape index (κ2) is 8.40. The Bertz CT molecular complexity index is 1220. The average molecular weight is 504 g/mol. The Morgan fingerprint density at radius 1 is 0.545 bits per heavy atom. The van der Waals surface area contributed by atoms with Gasteiger partial charge in [0.25, 0.3) is 0 Å². The molecule has 0 saturated carbocycles. The van der Waals surface area contributed by atoms with Crippen LogP contribution in [0.2, 0.25) is 0 Å². The predicted molar refractivity (Wildman–Crippen MR) is 105 cm³/mol. The van der Waals surface area contributed by atoms with E-state index in [1.807, 2.05) is 0 Å². The van der Waals surface area contributed by atoms with Gasteiger partial charge in [-0.05, 0) is 0 Å². The Labute approximate surface area is 188 Å². The van der Waals surface area contributed by atoms with E-state index in [0.29, 0.717) is 11.1 Å². The van der Waals surface area contributed by atoms with Crippen molar-refractivity contribution in [1.82, 2.24) is 0 Å². The first kappa shape index (κ1) is 23.7. The topological polar surface area (TPSA) is 0 Å². The molecule has 4 rings (SSSR count). The summed E-state index contributed by atoms with van der Waals surface area (Å²) >= 11 is -5.55. The first-order valence-corrected chi connectivity index (χ1v) is 13.1. The zero-order valence-electron chi connectivity index (χ0n) is 17.4. The summed E-state index contributed by atoms with van der Waals surface area (Å²) < 4.78 is 117. The average Bonchev–Trinajstić information content (AvgIpc) is 3.37. The third-order valence-corrected chi connectivity index (χ3v) is 14.7. The molecule has 0 aromatic heterocycles. The molecule has 0 unspecified atom stereocenters. The van der Waals surface area contributed by atoms with Crippen LogP contribution in [-0.2, 0) is 16.6 Å². The number of hydrogen-bond acceptors (Lipinski definition) is 0. The second-order valence-electron chi connectivity index (χ2n) is 7.97. The summed E-state index contributed by atoms with van der Waals surface area (Å²) in [6.07, 6.45) is 6.32. The van der Waals surface area contributed by atoms with Crippen molar-refractivity contribution in [3.05, 3.63) is 102 Å². The van der Waals surface area contributed by atoms with Gasteiger partial charge >= 0.3 is 188 Å². The van der Waals surface area contributed by atoms with Crippen LogP contribution in [0.15, 0.2) is 55.3 Å². The fourth-order valence-corrected chi connectivity index (χ4v) is 13.8. The SMILES string of the molecule is CC1=[C]([Ti]([C]2=C(C)C=CC2)([c]2c(F)cc(F)c(F)c2F)[c]2c(F)cc(F)c(F)c2F)CC=C1. The molecule has 2 aliphatic carbocycles. The van der Waals surface area contributed by atoms with Crippen molar-refractivity contribution in [3.63, 3.8) is 0 Å². The van der Waals surface area contributed by atoms with Crippen molar-refractivity contribution in [2.45, 2.75) is 26.7 Å². The molecule has 0 bridgehead atoms. The Morgan fingerprint density at radius 2 is 0.909 bits per heavy atom. The maximum atomic E-state index is 15.4.